The molecule has 1 aromatic carbocycles. The van der Waals surface area contributed by atoms with Crippen molar-refractivity contribution in [1.29, 1.82) is 0 Å². The predicted octanol–water partition coefficient (Wildman–Crippen LogP) is 1.81. The van der Waals surface area contributed by atoms with E-state index in [1.54, 1.807) is 10.9 Å². The number of halogens is 1. The highest BCUT2D eigenvalue weighted by molar-refractivity contribution is 6.31. The van der Waals surface area contributed by atoms with Gasteiger partial charge in [0.15, 0.2) is 5.78 Å². The fourth-order valence-corrected chi connectivity index (χ4v) is 2.40. The maximum absolute atomic E-state index is 12.2. The summed E-state index contributed by atoms with van der Waals surface area (Å²) in [6, 6.07) is 6.01. The van der Waals surface area contributed by atoms with Gasteiger partial charge in [0.25, 0.3) is 0 Å². The van der Waals surface area contributed by atoms with E-state index in [4.69, 9.17) is 11.6 Å². The minimum atomic E-state index is -0.0608. The second kappa shape index (κ2) is 5.34. The van der Waals surface area contributed by atoms with Crippen LogP contribution in [0.1, 0.15) is 27.7 Å². The largest absolute Gasteiger partial charge is 0.312 e. The number of nitrogens with one attached hydrogen (secondary N) is 1. The van der Waals surface area contributed by atoms with E-state index in [1.165, 1.54) is 0 Å². The molecule has 20 heavy (non-hydrogen) atoms. The fourth-order valence-electron chi connectivity index (χ4n) is 2.10. The number of aryl methyl sites for hydroxylation is 1. The first-order valence-corrected chi connectivity index (χ1v) is 6.92. The van der Waals surface area contributed by atoms with Crippen LogP contribution in [0.25, 0.3) is 0 Å². The van der Waals surface area contributed by atoms with Crippen molar-refractivity contribution in [3.8, 4) is 0 Å². The zero-order chi connectivity index (χ0) is 14.1. The number of carbonyl (C=O) groups is 1. The van der Waals surface area contributed by atoms with Crippen molar-refractivity contribution in [3.63, 3.8) is 0 Å². The number of rotatable bonds is 4. The summed E-state index contributed by atoms with van der Waals surface area (Å²) >= 11 is 6.15. The highest BCUT2D eigenvalue weighted by atomic mass is 35.5. The van der Waals surface area contributed by atoms with E-state index in [1.807, 2.05) is 25.1 Å². The van der Waals surface area contributed by atoms with Gasteiger partial charge in [-0.05, 0) is 24.1 Å². The fraction of sp³-hybridized carbons (Fsp3) is 0.357. The molecule has 0 radical (unpaired) electrons. The Bertz CT molecular complexity index is 648. The highest BCUT2D eigenvalue weighted by Crippen LogP contribution is 2.19. The van der Waals surface area contributed by atoms with Gasteiger partial charge in [-0.2, -0.15) is 0 Å². The van der Waals surface area contributed by atoms with Crippen LogP contribution in [-0.4, -0.2) is 33.9 Å². The van der Waals surface area contributed by atoms with Crippen molar-refractivity contribution in [1.82, 2.24) is 20.3 Å². The van der Waals surface area contributed by atoms with Crippen molar-refractivity contribution in [2.45, 2.75) is 19.4 Å². The van der Waals surface area contributed by atoms with Gasteiger partial charge in [-0.25, -0.2) is 4.68 Å². The standard InChI is InChI=1S/C14H15ClN4O/c1-9-2-3-10(12(15)4-9)5-14(20)13-8-19(18-17-13)11-6-16-7-11/h2-4,8,11,16H,5-7H2,1H3. The van der Waals surface area contributed by atoms with Gasteiger partial charge in [0.05, 0.1) is 12.2 Å². The van der Waals surface area contributed by atoms with E-state index in [0.29, 0.717) is 16.8 Å². The summed E-state index contributed by atoms with van der Waals surface area (Å²) in [4.78, 5) is 12.2. The Hall–Kier alpha value is -1.72. The Labute approximate surface area is 121 Å². The summed E-state index contributed by atoms with van der Waals surface area (Å²) in [5.74, 6) is -0.0608. The third kappa shape index (κ3) is 2.59. The molecule has 1 saturated heterocycles. The first-order valence-electron chi connectivity index (χ1n) is 6.54. The maximum Gasteiger partial charge on any atom is 0.189 e. The van der Waals surface area contributed by atoms with Crippen LogP contribution >= 0.6 is 11.6 Å². The molecular weight excluding hydrogens is 276 g/mol. The molecule has 0 atom stereocenters. The summed E-state index contributed by atoms with van der Waals surface area (Å²) in [5, 5.41) is 11.7. The number of hydrogen-bond donors (Lipinski definition) is 1. The Balaban J connectivity index is 1.73. The number of Topliss-reactive ketones (excluding diaryl/α,β-unsaturated/α-hetero) is 1. The molecule has 0 bridgehead atoms. The minimum absolute atomic E-state index is 0.0608. The van der Waals surface area contributed by atoms with Crippen LogP contribution in [0.15, 0.2) is 24.4 Å². The van der Waals surface area contributed by atoms with Gasteiger partial charge in [0.2, 0.25) is 0 Å². The van der Waals surface area contributed by atoms with Gasteiger partial charge >= 0.3 is 0 Å². The molecule has 3 rings (SSSR count). The SMILES string of the molecule is Cc1ccc(CC(=O)c2cn(C3CNC3)nn2)c(Cl)c1. The van der Waals surface area contributed by atoms with E-state index in [2.05, 4.69) is 15.6 Å². The first kappa shape index (κ1) is 13.3. The minimum Gasteiger partial charge on any atom is -0.312 e. The van der Waals surface area contributed by atoms with Crippen LogP contribution in [-0.2, 0) is 6.42 Å². The average molecular weight is 291 g/mol. The zero-order valence-corrected chi connectivity index (χ0v) is 11.9. The molecule has 6 heteroatoms. The average Bonchev–Trinajstić information content (AvgIpc) is 2.80. The molecular formula is C14H15ClN4O. The molecule has 5 nitrogen and oxygen atoms in total. The van der Waals surface area contributed by atoms with Crippen LogP contribution in [0.5, 0.6) is 0 Å². The zero-order valence-electron chi connectivity index (χ0n) is 11.1. The van der Waals surface area contributed by atoms with Gasteiger partial charge in [-0.3, -0.25) is 4.79 Å². The van der Waals surface area contributed by atoms with E-state index in [-0.39, 0.29) is 12.2 Å². The van der Waals surface area contributed by atoms with E-state index in [9.17, 15) is 4.79 Å². The molecule has 1 aliphatic heterocycles. The van der Waals surface area contributed by atoms with E-state index < -0.39 is 0 Å². The Morgan fingerprint density at radius 1 is 1.50 bits per heavy atom. The van der Waals surface area contributed by atoms with Crippen LogP contribution < -0.4 is 5.32 Å². The smallest absolute Gasteiger partial charge is 0.189 e. The molecule has 1 aromatic heterocycles. The summed E-state index contributed by atoms with van der Waals surface area (Å²) in [6.45, 7) is 3.72. The summed E-state index contributed by atoms with van der Waals surface area (Å²) in [6.07, 6.45) is 1.97. The molecule has 0 aliphatic carbocycles. The predicted molar refractivity (Wildman–Crippen MR) is 76.2 cm³/mol. The van der Waals surface area contributed by atoms with Gasteiger partial charge in [0.1, 0.15) is 5.69 Å². The summed E-state index contributed by atoms with van der Waals surface area (Å²) < 4.78 is 1.75. The molecule has 2 heterocycles. The lowest BCUT2D eigenvalue weighted by Crippen LogP contribution is -2.43. The van der Waals surface area contributed by atoms with Crippen LogP contribution in [0.3, 0.4) is 0 Å². The number of aromatic nitrogens is 3. The Morgan fingerprint density at radius 3 is 2.95 bits per heavy atom. The molecule has 0 unspecified atom stereocenters. The normalized spacial score (nSPS) is 15.1. The van der Waals surface area contributed by atoms with Crippen molar-refractivity contribution in [2.75, 3.05) is 13.1 Å². The number of benzene rings is 1. The number of hydrogen-bond acceptors (Lipinski definition) is 4. The molecule has 104 valence electrons. The first-order chi connectivity index (χ1) is 9.63. The maximum atomic E-state index is 12.2. The molecule has 0 spiro atoms. The molecule has 1 aliphatic rings. The highest BCUT2D eigenvalue weighted by Gasteiger charge is 2.21. The number of nitrogens with zero attached hydrogens (tertiary/aromatic N) is 3. The van der Waals surface area contributed by atoms with Crippen molar-refractivity contribution in [2.24, 2.45) is 0 Å². The van der Waals surface area contributed by atoms with Gasteiger partial charge in [0, 0.05) is 24.5 Å². The molecule has 1 N–H and O–H groups in total. The van der Waals surface area contributed by atoms with Crippen molar-refractivity contribution in [3.05, 3.63) is 46.2 Å². The Morgan fingerprint density at radius 2 is 2.30 bits per heavy atom. The lowest BCUT2D eigenvalue weighted by atomic mass is 10.1. The third-order valence-electron chi connectivity index (χ3n) is 3.49. The number of carbonyl (C=O) groups excluding carboxylic acids is 1. The lowest BCUT2D eigenvalue weighted by molar-refractivity contribution is 0.0988. The van der Waals surface area contributed by atoms with Crippen molar-refractivity contribution >= 4 is 17.4 Å². The summed E-state index contributed by atoms with van der Waals surface area (Å²) in [7, 11) is 0. The topological polar surface area (TPSA) is 59.8 Å². The second-order valence-corrected chi connectivity index (χ2v) is 5.50. The lowest BCUT2D eigenvalue weighted by Gasteiger charge is -2.26. The van der Waals surface area contributed by atoms with Crippen LogP contribution in [0.2, 0.25) is 5.02 Å². The third-order valence-corrected chi connectivity index (χ3v) is 3.84. The molecule has 0 amide bonds. The number of ketones is 1. The van der Waals surface area contributed by atoms with E-state index in [0.717, 1.165) is 24.2 Å². The van der Waals surface area contributed by atoms with Crippen LogP contribution in [0, 0.1) is 6.92 Å². The summed E-state index contributed by atoms with van der Waals surface area (Å²) in [5.41, 5.74) is 2.30. The van der Waals surface area contributed by atoms with Crippen molar-refractivity contribution < 1.29 is 4.79 Å². The molecule has 2 aromatic rings. The quantitative estimate of drug-likeness (QED) is 0.873. The Kier molecular flexibility index (Phi) is 3.54. The van der Waals surface area contributed by atoms with Gasteiger partial charge < -0.3 is 5.32 Å². The molecule has 0 saturated carbocycles. The van der Waals surface area contributed by atoms with E-state index >= 15 is 0 Å². The van der Waals surface area contributed by atoms with Gasteiger partial charge in [-0.1, -0.05) is 28.9 Å². The second-order valence-electron chi connectivity index (χ2n) is 5.09. The van der Waals surface area contributed by atoms with Crippen LogP contribution in [0.4, 0.5) is 0 Å². The monoisotopic (exact) mass is 290 g/mol. The molecule has 1 fully saturated rings. The van der Waals surface area contributed by atoms with Gasteiger partial charge in [-0.15, -0.1) is 5.10 Å².